The number of hydrogen-bond acceptors (Lipinski definition) is 8. The van der Waals surface area contributed by atoms with Crippen LogP contribution in [-0.4, -0.2) is 37.4 Å². The van der Waals surface area contributed by atoms with Crippen LogP contribution >= 0.6 is 11.3 Å². The van der Waals surface area contributed by atoms with Gasteiger partial charge in [0.05, 0.1) is 11.4 Å². The van der Waals surface area contributed by atoms with Gasteiger partial charge in [0, 0.05) is 25.0 Å². The number of aromatic nitrogens is 1. The van der Waals surface area contributed by atoms with Gasteiger partial charge in [0.2, 0.25) is 5.78 Å². The van der Waals surface area contributed by atoms with Gasteiger partial charge >= 0.3 is 5.97 Å². The number of anilines is 2. The molecule has 0 N–H and O–H groups in total. The number of rotatable bonds is 5. The molecule has 0 radical (unpaired) electrons. The summed E-state index contributed by atoms with van der Waals surface area (Å²) in [6.07, 6.45) is 0. The Balaban J connectivity index is 1.48. The molecule has 31 heavy (non-hydrogen) atoms. The number of esters is 1. The first kappa shape index (κ1) is 20.3. The molecule has 1 aromatic heterocycles. The monoisotopic (exact) mass is 430 g/mol. The molecule has 3 aromatic rings. The lowest BCUT2D eigenvalue weighted by atomic mass is 10.2. The van der Waals surface area contributed by atoms with Crippen molar-refractivity contribution < 1.29 is 14.3 Å². The molecule has 0 spiro atoms. The molecule has 0 unspecified atom stereocenters. The van der Waals surface area contributed by atoms with Crippen LogP contribution in [0.25, 0.3) is 10.6 Å². The summed E-state index contributed by atoms with van der Waals surface area (Å²) in [5.74, 6) is -0.828. The van der Waals surface area contributed by atoms with Crippen LogP contribution < -0.4 is 9.80 Å². The Hall–Kier alpha value is -3.96. The number of carbonyl (C=O) groups is 2. The van der Waals surface area contributed by atoms with Gasteiger partial charge in [-0.1, -0.05) is 42.5 Å². The van der Waals surface area contributed by atoms with E-state index in [9.17, 15) is 14.9 Å². The first-order chi connectivity index (χ1) is 15.0. The molecule has 0 amide bonds. The predicted molar refractivity (Wildman–Crippen MR) is 119 cm³/mol. The molecular weight excluding hydrogens is 412 g/mol. The second kappa shape index (κ2) is 8.42. The number of ketones is 1. The molecular formula is C23H18N4O3S. The first-order valence-electron chi connectivity index (χ1n) is 9.43. The highest BCUT2D eigenvalue weighted by Gasteiger charge is 2.31. The maximum absolute atomic E-state index is 12.7. The minimum absolute atomic E-state index is 0.0720. The number of fused-ring (bicyclic) bond motifs is 1. The normalized spacial score (nSPS) is 12.4. The molecule has 0 saturated heterocycles. The second-order valence-electron chi connectivity index (χ2n) is 6.82. The van der Waals surface area contributed by atoms with Crippen LogP contribution in [0.4, 0.5) is 11.4 Å². The summed E-state index contributed by atoms with van der Waals surface area (Å²) in [7, 11) is 3.57. The SMILES string of the molecule is CN1C(=C(C#N)C(=O)COC(=O)c2csc(-c3ccccc3)n2)N(C)c2ccccc21. The molecule has 0 atom stereocenters. The van der Waals surface area contributed by atoms with E-state index in [1.165, 1.54) is 11.3 Å². The number of Topliss-reactive ketones (excluding diaryl/α,β-unsaturated/α-hetero) is 1. The smallest absolute Gasteiger partial charge is 0.358 e. The summed E-state index contributed by atoms with van der Waals surface area (Å²) in [5, 5.41) is 11.9. The minimum atomic E-state index is -0.703. The lowest BCUT2D eigenvalue weighted by Crippen LogP contribution is -2.27. The Labute approximate surface area is 183 Å². The standard InChI is InChI=1S/C23H18N4O3S/c1-26-18-10-6-7-11-19(18)27(2)22(26)16(12-24)20(28)13-30-23(29)17-14-31-21(25-17)15-8-4-3-5-9-15/h3-11,14H,13H2,1-2H3. The summed E-state index contributed by atoms with van der Waals surface area (Å²) in [5.41, 5.74) is 2.72. The van der Waals surface area contributed by atoms with E-state index < -0.39 is 18.4 Å². The van der Waals surface area contributed by atoms with Crippen LogP contribution in [0, 0.1) is 11.3 Å². The number of hydrogen-bond donors (Lipinski definition) is 0. The summed E-state index contributed by atoms with van der Waals surface area (Å²) in [6, 6.07) is 19.0. The predicted octanol–water partition coefficient (Wildman–Crippen LogP) is 3.86. The third kappa shape index (κ3) is 3.79. The topological polar surface area (TPSA) is 86.5 Å². The lowest BCUT2D eigenvalue weighted by molar-refractivity contribution is -0.118. The fourth-order valence-corrected chi connectivity index (χ4v) is 4.21. The lowest BCUT2D eigenvalue weighted by Gasteiger charge is -2.19. The van der Waals surface area contributed by atoms with Gasteiger partial charge in [-0.05, 0) is 12.1 Å². The highest BCUT2D eigenvalue weighted by molar-refractivity contribution is 7.13. The van der Waals surface area contributed by atoms with Gasteiger partial charge < -0.3 is 14.5 Å². The first-order valence-corrected chi connectivity index (χ1v) is 10.3. The third-order valence-corrected chi connectivity index (χ3v) is 5.81. The fourth-order valence-electron chi connectivity index (χ4n) is 3.42. The van der Waals surface area contributed by atoms with Crippen molar-refractivity contribution >= 4 is 34.5 Å². The molecule has 0 bridgehead atoms. The van der Waals surface area contributed by atoms with Crippen LogP contribution in [0.5, 0.6) is 0 Å². The van der Waals surface area contributed by atoms with Gasteiger partial charge in [-0.2, -0.15) is 5.26 Å². The summed E-state index contributed by atoms with van der Waals surface area (Å²) in [4.78, 5) is 33.0. The molecule has 0 fully saturated rings. The molecule has 154 valence electrons. The summed E-state index contributed by atoms with van der Waals surface area (Å²) >= 11 is 1.32. The van der Waals surface area contributed by atoms with Gasteiger partial charge in [0.1, 0.15) is 22.5 Å². The number of carbonyl (C=O) groups excluding carboxylic acids is 2. The molecule has 7 nitrogen and oxygen atoms in total. The maximum atomic E-state index is 12.7. The van der Waals surface area contributed by atoms with E-state index >= 15 is 0 Å². The van der Waals surface area contributed by atoms with E-state index in [4.69, 9.17) is 4.74 Å². The van der Waals surface area contributed by atoms with E-state index in [1.807, 2.05) is 60.7 Å². The molecule has 2 aromatic carbocycles. The summed E-state index contributed by atoms with van der Waals surface area (Å²) in [6.45, 7) is -0.540. The number of para-hydroxylation sites is 2. The van der Waals surface area contributed by atoms with E-state index in [1.54, 1.807) is 29.3 Å². The Morgan fingerprint density at radius 1 is 1.03 bits per heavy atom. The highest BCUT2D eigenvalue weighted by Crippen LogP contribution is 2.40. The van der Waals surface area contributed by atoms with Gasteiger partial charge in [-0.15, -0.1) is 11.3 Å². The van der Waals surface area contributed by atoms with E-state index in [0.29, 0.717) is 10.8 Å². The number of thiazole rings is 1. The van der Waals surface area contributed by atoms with Crippen LogP contribution in [0.15, 0.2) is 71.4 Å². The number of nitriles is 1. The van der Waals surface area contributed by atoms with Crippen molar-refractivity contribution in [1.82, 2.24) is 4.98 Å². The fraction of sp³-hybridized carbons (Fsp3) is 0.130. The van der Waals surface area contributed by atoms with E-state index in [-0.39, 0.29) is 11.3 Å². The molecule has 1 aliphatic heterocycles. The van der Waals surface area contributed by atoms with Crippen molar-refractivity contribution in [1.29, 1.82) is 5.26 Å². The van der Waals surface area contributed by atoms with Crippen molar-refractivity contribution in [3.63, 3.8) is 0 Å². The maximum Gasteiger partial charge on any atom is 0.358 e. The minimum Gasteiger partial charge on any atom is -0.453 e. The number of benzene rings is 2. The molecule has 2 heterocycles. The van der Waals surface area contributed by atoms with E-state index in [0.717, 1.165) is 16.9 Å². The quantitative estimate of drug-likeness (QED) is 0.345. The number of ether oxygens (including phenoxy) is 1. The average Bonchev–Trinajstić information content (AvgIpc) is 3.39. The van der Waals surface area contributed by atoms with E-state index in [2.05, 4.69) is 4.98 Å². The van der Waals surface area contributed by atoms with Gasteiger partial charge in [-0.3, -0.25) is 4.79 Å². The Morgan fingerprint density at radius 2 is 1.65 bits per heavy atom. The number of nitrogens with zero attached hydrogens (tertiary/aromatic N) is 4. The van der Waals surface area contributed by atoms with Gasteiger partial charge in [0.25, 0.3) is 0 Å². The second-order valence-corrected chi connectivity index (χ2v) is 7.68. The average molecular weight is 430 g/mol. The molecule has 1 aliphatic rings. The zero-order valence-corrected chi connectivity index (χ0v) is 17.7. The Kier molecular flexibility index (Phi) is 5.52. The van der Waals surface area contributed by atoms with Crippen molar-refractivity contribution in [3.8, 4) is 16.6 Å². The van der Waals surface area contributed by atoms with Crippen molar-refractivity contribution in [3.05, 3.63) is 77.1 Å². The van der Waals surface area contributed by atoms with Crippen LogP contribution in [0.2, 0.25) is 0 Å². The van der Waals surface area contributed by atoms with Crippen LogP contribution in [0.3, 0.4) is 0 Å². The molecule has 8 heteroatoms. The molecule has 0 saturated carbocycles. The zero-order valence-electron chi connectivity index (χ0n) is 16.9. The largest absolute Gasteiger partial charge is 0.453 e. The Morgan fingerprint density at radius 3 is 2.26 bits per heavy atom. The third-order valence-electron chi connectivity index (χ3n) is 4.92. The highest BCUT2D eigenvalue weighted by atomic mass is 32.1. The van der Waals surface area contributed by atoms with Gasteiger partial charge in [-0.25, -0.2) is 9.78 Å². The van der Waals surface area contributed by atoms with Crippen molar-refractivity contribution in [2.24, 2.45) is 0 Å². The van der Waals surface area contributed by atoms with Crippen LogP contribution in [-0.2, 0) is 9.53 Å². The van der Waals surface area contributed by atoms with Gasteiger partial charge in [0.15, 0.2) is 12.3 Å². The van der Waals surface area contributed by atoms with Crippen molar-refractivity contribution in [2.75, 3.05) is 30.5 Å². The molecule has 0 aliphatic carbocycles. The van der Waals surface area contributed by atoms with Crippen LogP contribution in [0.1, 0.15) is 10.5 Å². The summed E-state index contributed by atoms with van der Waals surface area (Å²) < 4.78 is 5.16. The molecule has 4 rings (SSSR count). The zero-order chi connectivity index (χ0) is 22.0. The Bertz CT molecular complexity index is 1200. The van der Waals surface area contributed by atoms with Crippen molar-refractivity contribution in [2.45, 2.75) is 0 Å².